The van der Waals surface area contributed by atoms with Gasteiger partial charge >= 0.3 is 0 Å². The molecule has 1 aliphatic heterocycles. The summed E-state index contributed by atoms with van der Waals surface area (Å²) in [5.74, 6) is 0.469. The molecule has 0 aromatic carbocycles. The van der Waals surface area contributed by atoms with Crippen LogP contribution in [-0.4, -0.2) is 34.3 Å². The molecule has 1 heterocycles. The van der Waals surface area contributed by atoms with E-state index in [9.17, 15) is 8.42 Å². The maximum absolute atomic E-state index is 11.1. The van der Waals surface area contributed by atoms with E-state index in [2.05, 4.69) is 6.58 Å². The number of rotatable bonds is 3. The Morgan fingerprint density at radius 1 is 1.54 bits per heavy atom. The zero-order valence-electron chi connectivity index (χ0n) is 8.12. The van der Waals surface area contributed by atoms with Gasteiger partial charge in [-0.1, -0.05) is 5.70 Å². The lowest BCUT2D eigenvalue weighted by Crippen LogP contribution is -2.34. The van der Waals surface area contributed by atoms with Gasteiger partial charge in [0.25, 0.3) is 0 Å². The van der Waals surface area contributed by atoms with Crippen LogP contribution in [0.3, 0.4) is 0 Å². The lowest BCUT2D eigenvalue weighted by molar-refractivity contribution is 0.224. The van der Waals surface area contributed by atoms with E-state index in [1.54, 1.807) is 0 Å². The predicted octanol–water partition coefficient (Wildman–Crippen LogP) is 1.12. The molecular formula is C8H16O3SSi. The summed E-state index contributed by atoms with van der Waals surface area (Å²) in [4.78, 5) is 0. The van der Waals surface area contributed by atoms with Crippen molar-refractivity contribution < 1.29 is 12.8 Å². The average molecular weight is 220 g/mol. The highest BCUT2D eigenvalue weighted by Gasteiger charge is 2.32. The molecule has 76 valence electrons. The van der Waals surface area contributed by atoms with Crippen LogP contribution >= 0.6 is 0 Å². The van der Waals surface area contributed by atoms with Gasteiger partial charge in [-0.2, -0.15) is 0 Å². The van der Waals surface area contributed by atoms with Crippen molar-refractivity contribution in [2.45, 2.75) is 25.6 Å². The molecule has 5 heteroatoms. The molecule has 0 bridgehead atoms. The topological polar surface area (TPSA) is 43.4 Å². The minimum atomic E-state index is -2.81. The van der Waals surface area contributed by atoms with Crippen LogP contribution in [0.25, 0.3) is 0 Å². The van der Waals surface area contributed by atoms with Crippen LogP contribution in [0.15, 0.2) is 12.3 Å². The summed E-state index contributed by atoms with van der Waals surface area (Å²) < 4.78 is 28.0. The van der Waals surface area contributed by atoms with Gasteiger partial charge in [0.15, 0.2) is 9.84 Å². The first-order valence-corrected chi connectivity index (χ1v) is 9.17. The van der Waals surface area contributed by atoms with Crippen LogP contribution < -0.4 is 0 Å². The van der Waals surface area contributed by atoms with E-state index in [0.717, 1.165) is 0 Å². The van der Waals surface area contributed by atoms with Crippen molar-refractivity contribution in [2.24, 2.45) is 0 Å². The molecule has 0 amide bonds. The van der Waals surface area contributed by atoms with Crippen LogP contribution in [0.4, 0.5) is 0 Å². The summed E-state index contributed by atoms with van der Waals surface area (Å²) in [6, 6.07) is 0. The molecule has 3 nitrogen and oxygen atoms in total. The number of hydrogen-bond donors (Lipinski definition) is 0. The van der Waals surface area contributed by atoms with Gasteiger partial charge in [-0.15, -0.1) is 6.58 Å². The molecule has 0 aliphatic carbocycles. The maximum Gasteiger partial charge on any atom is 0.210 e. The van der Waals surface area contributed by atoms with Crippen LogP contribution in [0.5, 0.6) is 0 Å². The molecule has 1 rings (SSSR count). The molecule has 0 spiro atoms. The van der Waals surface area contributed by atoms with Crippen molar-refractivity contribution in [1.82, 2.24) is 0 Å². The van der Waals surface area contributed by atoms with E-state index in [0.29, 0.717) is 6.42 Å². The fourth-order valence-corrected chi connectivity index (χ4v) is 4.20. The summed E-state index contributed by atoms with van der Waals surface area (Å²) in [7, 11) is -4.62. The Bertz CT molecular complexity index is 295. The number of hydrogen-bond acceptors (Lipinski definition) is 3. The first kappa shape index (κ1) is 10.9. The van der Waals surface area contributed by atoms with Gasteiger partial charge < -0.3 is 4.43 Å². The molecule has 1 unspecified atom stereocenters. The summed E-state index contributed by atoms with van der Waals surface area (Å²) in [5.41, 5.74) is 1.83. The second kappa shape index (κ2) is 3.55. The Morgan fingerprint density at radius 3 is 2.54 bits per heavy atom. The summed E-state index contributed by atoms with van der Waals surface area (Å²) in [5, 5.41) is 0. The molecule has 1 aliphatic rings. The van der Waals surface area contributed by atoms with Gasteiger partial charge in [-0.05, 0) is 19.5 Å². The van der Waals surface area contributed by atoms with Crippen molar-refractivity contribution >= 4 is 18.2 Å². The van der Waals surface area contributed by atoms with Crippen LogP contribution in [0, 0.1) is 0 Å². The van der Waals surface area contributed by atoms with E-state index < -0.39 is 18.2 Å². The molecule has 1 atom stereocenters. The van der Waals surface area contributed by atoms with E-state index in [1.165, 1.54) is 0 Å². The number of sulfone groups is 1. The zero-order chi connectivity index (χ0) is 10.1. The molecular weight excluding hydrogens is 204 g/mol. The second-order valence-corrected chi connectivity index (χ2v) is 10.0. The Balaban J connectivity index is 2.54. The largest absolute Gasteiger partial charge is 0.410 e. The molecule has 0 saturated carbocycles. The molecule has 0 N–H and O–H groups in total. The van der Waals surface area contributed by atoms with Crippen molar-refractivity contribution in [3.8, 4) is 0 Å². The lowest BCUT2D eigenvalue weighted by Gasteiger charge is -2.22. The highest BCUT2D eigenvalue weighted by atomic mass is 32.2. The third-order valence-corrected chi connectivity index (χ3v) is 5.81. The van der Waals surface area contributed by atoms with Gasteiger partial charge in [-0.25, -0.2) is 8.42 Å². The predicted molar refractivity (Wildman–Crippen MR) is 55.8 cm³/mol. The monoisotopic (exact) mass is 220 g/mol. The van der Waals surface area contributed by atoms with Crippen LogP contribution in [-0.2, 0) is 14.3 Å². The standard InChI is InChI=1S/C8H16O3SSi/c1-4-13(2,3)11-8-5-6-12(9,10)7-8/h4,8H,1,5-7H2,2-3H3. The minimum absolute atomic E-state index is 0.0929. The molecule has 0 aromatic heterocycles. The van der Waals surface area contributed by atoms with Crippen LogP contribution in [0.1, 0.15) is 6.42 Å². The van der Waals surface area contributed by atoms with Gasteiger partial charge in [0.1, 0.15) is 0 Å². The molecule has 1 fully saturated rings. The van der Waals surface area contributed by atoms with E-state index >= 15 is 0 Å². The Hall–Kier alpha value is -0.133. The van der Waals surface area contributed by atoms with Gasteiger partial charge in [0, 0.05) is 0 Å². The first-order chi connectivity index (χ1) is 5.85. The van der Waals surface area contributed by atoms with E-state index in [1.807, 2.05) is 18.8 Å². The SMILES string of the molecule is C=C[Si](C)(C)OC1CCS(=O)(=O)C1. The van der Waals surface area contributed by atoms with E-state index in [-0.39, 0.29) is 17.6 Å². The van der Waals surface area contributed by atoms with Crippen molar-refractivity contribution in [3.63, 3.8) is 0 Å². The van der Waals surface area contributed by atoms with Crippen molar-refractivity contribution in [3.05, 3.63) is 12.3 Å². The molecule has 0 radical (unpaired) electrons. The van der Waals surface area contributed by atoms with Gasteiger partial charge in [-0.3, -0.25) is 0 Å². The second-order valence-electron chi connectivity index (χ2n) is 3.95. The Kier molecular flexibility index (Phi) is 2.99. The minimum Gasteiger partial charge on any atom is -0.410 e. The quantitative estimate of drug-likeness (QED) is 0.669. The maximum atomic E-state index is 11.1. The lowest BCUT2D eigenvalue weighted by atomic mass is 10.3. The Morgan fingerprint density at radius 2 is 2.15 bits per heavy atom. The third-order valence-electron chi connectivity index (χ3n) is 2.15. The molecule has 0 aromatic rings. The average Bonchev–Trinajstić information content (AvgIpc) is 2.29. The van der Waals surface area contributed by atoms with Crippen molar-refractivity contribution in [1.29, 1.82) is 0 Å². The third kappa shape index (κ3) is 3.25. The van der Waals surface area contributed by atoms with E-state index in [4.69, 9.17) is 4.43 Å². The molecule has 1 saturated heterocycles. The fourth-order valence-electron chi connectivity index (χ4n) is 1.33. The summed E-state index contributed by atoms with van der Waals surface area (Å²) in [6.45, 7) is 7.74. The molecule has 13 heavy (non-hydrogen) atoms. The highest BCUT2D eigenvalue weighted by molar-refractivity contribution is 7.91. The zero-order valence-corrected chi connectivity index (χ0v) is 9.93. The van der Waals surface area contributed by atoms with Gasteiger partial charge in [0.05, 0.1) is 17.6 Å². The normalized spacial score (nSPS) is 27.4. The first-order valence-electron chi connectivity index (χ1n) is 4.36. The Labute approximate surface area is 80.8 Å². The van der Waals surface area contributed by atoms with Crippen LogP contribution in [0.2, 0.25) is 13.1 Å². The summed E-state index contributed by atoms with van der Waals surface area (Å²) >= 11 is 0. The fraction of sp³-hybridized carbons (Fsp3) is 0.750. The van der Waals surface area contributed by atoms with Crippen molar-refractivity contribution in [2.75, 3.05) is 11.5 Å². The smallest absolute Gasteiger partial charge is 0.210 e. The highest BCUT2D eigenvalue weighted by Crippen LogP contribution is 2.19. The van der Waals surface area contributed by atoms with Gasteiger partial charge in [0.2, 0.25) is 8.32 Å². The summed E-state index contributed by atoms with van der Waals surface area (Å²) in [6.07, 6.45) is 0.553.